The van der Waals surface area contributed by atoms with Gasteiger partial charge in [0.25, 0.3) is 0 Å². The number of carbonyl (C=O) groups is 4. The summed E-state index contributed by atoms with van der Waals surface area (Å²) in [4.78, 5) is 60.3. The number of ether oxygens (including phenoxy) is 5. The first-order valence-corrected chi connectivity index (χ1v) is 19.2. The molecule has 3 saturated heterocycles. The first-order chi connectivity index (χ1) is 25.9. The Morgan fingerprint density at radius 3 is 2.39 bits per heavy atom. The zero-order chi connectivity index (χ0) is 38.3. The third kappa shape index (κ3) is 7.89. The Labute approximate surface area is 314 Å². The molecule has 54 heavy (non-hydrogen) atoms. The molecule has 7 rings (SSSR count). The summed E-state index contributed by atoms with van der Waals surface area (Å²) in [6, 6.07) is 5.84. The number of hydrogen-bond donors (Lipinski definition) is 4. The Morgan fingerprint density at radius 2 is 1.74 bits per heavy atom. The van der Waals surface area contributed by atoms with Crippen LogP contribution in [0.2, 0.25) is 0 Å². The van der Waals surface area contributed by atoms with Crippen LogP contribution in [0.3, 0.4) is 0 Å². The van der Waals surface area contributed by atoms with E-state index in [1.165, 1.54) is 6.26 Å². The van der Waals surface area contributed by atoms with Gasteiger partial charge in [0.05, 0.1) is 32.1 Å². The minimum Gasteiger partial charge on any atom is -0.499 e. The van der Waals surface area contributed by atoms with Crippen LogP contribution >= 0.6 is 0 Å². The summed E-state index contributed by atoms with van der Waals surface area (Å²) in [5.41, 5.74) is -0.313. The fraction of sp³-hybridized carbons (Fsp3) is 0.692. The summed E-state index contributed by atoms with van der Waals surface area (Å²) in [6.45, 7) is 5.20. The van der Waals surface area contributed by atoms with E-state index in [9.17, 15) is 24.3 Å². The number of aliphatic hydroxyl groups excluding tert-OH is 2. The predicted octanol–water partition coefficient (Wildman–Crippen LogP) is 1.87. The maximum Gasteiger partial charge on any atom is 0.327 e. The van der Waals surface area contributed by atoms with Crippen LogP contribution in [0.5, 0.6) is 0 Å². The number of benzene rings is 1. The summed E-state index contributed by atoms with van der Waals surface area (Å²) in [6.07, 6.45) is 4.77. The number of fused-ring (bicyclic) bond motifs is 4. The SMILES string of the molecule is CC(C)(C)OC(=O)CC[C@@H](CO)NC(=O)CCNC(=O)[C@@]12C[C@H]3OC(=O)[C@@H]1N(Cc1ccc(C=COCCO)cc1)O[C@@H]2[C@H]1OC(C2CC2)(C2CC2)O[C@H]13. The van der Waals surface area contributed by atoms with E-state index in [4.69, 9.17) is 33.6 Å². The monoisotopic (exact) mass is 755 g/mol. The van der Waals surface area contributed by atoms with Gasteiger partial charge in [0.15, 0.2) is 11.8 Å². The molecular formula is C39H53N3O12. The molecule has 2 bridgehead atoms. The molecule has 0 unspecified atom stereocenters. The third-order valence-corrected chi connectivity index (χ3v) is 11.1. The van der Waals surface area contributed by atoms with Crippen LogP contribution in [0.4, 0.5) is 0 Å². The second-order valence-corrected chi connectivity index (χ2v) is 16.4. The molecule has 4 N–H and O–H groups in total. The van der Waals surface area contributed by atoms with Crippen LogP contribution < -0.4 is 10.6 Å². The average Bonchev–Trinajstić information content (AvgIpc) is 4.07. The molecule has 0 radical (unpaired) electrons. The molecule has 15 heteroatoms. The van der Waals surface area contributed by atoms with Crippen molar-refractivity contribution in [3.05, 3.63) is 41.7 Å². The first kappa shape index (κ1) is 38.7. The molecule has 296 valence electrons. The lowest BCUT2D eigenvalue weighted by Gasteiger charge is -2.48. The lowest BCUT2D eigenvalue weighted by Crippen LogP contribution is -2.69. The first-order valence-electron chi connectivity index (χ1n) is 19.2. The minimum atomic E-state index is -1.38. The lowest BCUT2D eigenvalue weighted by molar-refractivity contribution is -0.235. The molecule has 7 atom stereocenters. The summed E-state index contributed by atoms with van der Waals surface area (Å²) < 4.78 is 30.3. The quantitative estimate of drug-likeness (QED) is 0.103. The molecule has 3 aliphatic heterocycles. The maximum atomic E-state index is 14.5. The summed E-state index contributed by atoms with van der Waals surface area (Å²) in [7, 11) is 0. The van der Waals surface area contributed by atoms with Gasteiger partial charge in [0.2, 0.25) is 11.8 Å². The summed E-state index contributed by atoms with van der Waals surface area (Å²) in [5.74, 6) is -2.13. The molecule has 6 aliphatic rings. The highest BCUT2D eigenvalue weighted by atomic mass is 16.8. The number of hydrogen-bond acceptors (Lipinski definition) is 13. The number of nitrogens with one attached hydrogen (secondary N) is 2. The van der Waals surface area contributed by atoms with Gasteiger partial charge < -0.3 is 44.5 Å². The Kier molecular flexibility index (Phi) is 11.1. The lowest BCUT2D eigenvalue weighted by atomic mass is 9.62. The minimum absolute atomic E-state index is 0.0247. The predicted molar refractivity (Wildman–Crippen MR) is 189 cm³/mol. The number of nitrogens with zero attached hydrogens (tertiary/aromatic N) is 1. The van der Waals surface area contributed by atoms with Crippen molar-refractivity contribution in [2.75, 3.05) is 26.4 Å². The van der Waals surface area contributed by atoms with Crippen LogP contribution in [0.1, 0.15) is 83.3 Å². The Bertz CT molecular complexity index is 1580. The average molecular weight is 756 g/mol. The molecular weight excluding hydrogens is 702 g/mol. The number of esters is 2. The standard InChI is InChI=1S/C39H53N3O12/c1-37(2,3)51-30(46)13-12-27(22-44)41-29(45)14-16-40-36(48)38-20-28-31-32(53-39(52-31,25-8-9-25)26-10-11-26)34(38)54-42(33(38)35(47)50-28)21-24-6-4-23(5-7-24)15-18-49-19-17-43/h4-7,15,18,25-28,31-34,43-44H,8-14,16-17,19-22H2,1-3H3,(H,40,48)(H,41,45)/t27-,28+,31-,32-,33-,34+,38-/m0/s1. The van der Waals surface area contributed by atoms with Crippen molar-refractivity contribution in [3.63, 3.8) is 0 Å². The Hall–Kier alpha value is -3.60. The van der Waals surface area contributed by atoms with Crippen LogP contribution in [0, 0.1) is 17.3 Å². The molecule has 0 aromatic heterocycles. The fourth-order valence-electron chi connectivity index (χ4n) is 8.48. The molecule has 1 aromatic carbocycles. The number of hydroxylamine groups is 2. The Morgan fingerprint density at radius 1 is 1.04 bits per heavy atom. The zero-order valence-corrected chi connectivity index (χ0v) is 31.2. The van der Waals surface area contributed by atoms with Gasteiger partial charge in [-0.3, -0.25) is 24.0 Å². The van der Waals surface area contributed by atoms with Crippen molar-refractivity contribution in [3.8, 4) is 0 Å². The smallest absolute Gasteiger partial charge is 0.327 e. The Balaban J connectivity index is 1.06. The van der Waals surface area contributed by atoms with E-state index < -0.39 is 77.1 Å². The van der Waals surface area contributed by atoms with E-state index in [2.05, 4.69) is 10.6 Å². The molecule has 0 spiro atoms. The van der Waals surface area contributed by atoms with E-state index in [0.717, 1.165) is 36.8 Å². The van der Waals surface area contributed by atoms with Crippen molar-refractivity contribution in [1.29, 1.82) is 0 Å². The molecule has 3 heterocycles. The van der Waals surface area contributed by atoms with Gasteiger partial charge in [-0.15, -0.1) is 0 Å². The van der Waals surface area contributed by atoms with Crippen LogP contribution in [-0.4, -0.2) is 113 Å². The molecule has 1 aromatic rings. The summed E-state index contributed by atoms with van der Waals surface area (Å²) in [5, 5.41) is 26.0. The van der Waals surface area contributed by atoms with E-state index in [-0.39, 0.29) is 70.4 Å². The number of carbonyl (C=O) groups excluding carboxylic acids is 4. The van der Waals surface area contributed by atoms with Crippen LogP contribution in [0.15, 0.2) is 30.5 Å². The number of aliphatic hydroxyl groups is 2. The van der Waals surface area contributed by atoms with Crippen molar-refractivity contribution >= 4 is 29.8 Å². The maximum absolute atomic E-state index is 14.5. The van der Waals surface area contributed by atoms with Crippen molar-refractivity contribution in [2.45, 2.75) is 127 Å². The van der Waals surface area contributed by atoms with E-state index in [1.807, 2.05) is 24.3 Å². The van der Waals surface area contributed by atoms with Gasteiger partial charge >= 0.3 is 11.9 Å². The van der Waals surface area contributed by atoms with Crippen molar-refractivity contribution in [2.24, 2.45) is 17.3 Å². The van der Waals surface area contributed by atoms with Crippen molar-refractivity contribution in [1.82, 2.24) is 15.7 Å². The second kappa shape index (κ2) is 15.5. The summed E-state index contributed by atoms with van der Waals surface area (Å²) >= 11 is 0. The topological polar surface area (TPSA) is 191 Å². The normalized spacial score (nSPS) is 30.4. The van der Waals surface area contributed by atoms with E-state index >= 15 is 0 Å². The third-order valence-electron chi connectivity index (χ3n) is 11.1. The van der Waals surface area contributed by atoms with Gasteiger partial charge in [0, 0.05) is 37.6 Å². The van der Waals surface area contributed by atoms with E-state index in [0.29, 0.717) is 0 Å². The number of amides is 2. The van der Waals surface area contributed by atoms with Gasteiger partial charge in [-0.05, 0) is 70.1 Å². The van der Waals surface area contributed by atoms with Gasteiger partial charge in [-0.1, -0.05) is 24.3 Å². The van der Waals surface area contributed by atoms with Gasteiger partial charge in [0.1, 0.15) is 42.0 Å². The van der Waals surface area contributed by atoms with Crippen LogP contribution in [-0.2, 0) is 54.2 Å². The molecule has 3 aliphatic carbocycles. The second-order valence-electron chi connectivity index (χ2n) is 16.4. The van der Waals surface area contributed by atoms with Gasteiger partial charge in [-0.25, -0.2) is 0 Å². The van der Waals surface area contributed by atoms with E-state index in [1.54, 1.807) is 31.9 Å². The molecule has 3 saturated carbocycles. The highest BCUT2D eigenvalue weighted by Crippen LogP contribution is 2.63. The van der Waals surface area contributed by atoms with Crippen LogP contribution in [0.25, 0.3) is 6.08 Å². The highest BCUT2D eigenvalue weighted by Gasteiger charge is 2.78. The largest absolute Gasteiger partial charge is 0.499 e. The van der Waals surface area contributed by atoms with Crippen molar-refractivity contribution < 1.29 is 57.9 Å². The zero-order valence-electron chi connectivity index (χ0n) is 31.2. The number of rotatable bonds is 17. The molecule has 6 fully saturated rings. The molecule has 2 amide bonds. The highest BCUT2D eigenvalue weighted by molar-refractivity contribution is 5.94. The molecule has 15 nitrogen and oxygen atoms in total. The fourth-order valence-corrected chi connectivity index (χ4v) is 8.48. The van der Waals surface area contributed by atoms with Gasteiger partial charge in [-0.2, -0.15) is 5.06 Å².